The summed E-state index contributed by atoms with van der Waals surface area (Å²) in [5.41, 5.74) is 1.66. The van der Waals surface area contributed by atoms with Gasteiger partial charge >= 0.3 is 0 Å². The Morgan fingerprint density at radius 2 is 1.54 bits per heavy atom. The van der Waals surface area contributed by atoms with Gasteiger partial charge in [-0.15, -0.1) is 0 Å². The fraction of sp³-hybridized carbons (Fsp3) is 0.269. The minimum Gasteiger partial charge on any atom is -0.497 e. The molecule has 1 heterocycles. The van der Waals surface area contributed by atoms with Gasteiger partial charge in [0.05, 0.1) is 28.6 Å². The van der Waals surface area contributed by atoms with Crippen LogP contribution in [0.2, 0.25) is 15.1 Å². The van der Waals surface area contributed by atoms with Crippen LogP contribution >= 0.6 is 34.8 Å². The molecule has 0 aliphatic carbocycles. The third kappa shape index (κ3) is 6.69. The number of anilines is 1. The molecule has 7 nitrogen and oxygen atoms in total. The molecule has 11 heteroatoms. The van der Waals surface area contributed by atoms with Crippen LogP contribution in [0.25, 0.3) is 0 Å². The zero-order valence-corrected chi connectivity index (χ0v) is 23.2. The van der Waals surface area contributed by atoms with Crippen molar-refractivity contribution < 1.29 is 17.9 Å². The van der Waals surface area contributed by atoms with E-state index in [2.05, 4.69) is 4.90 Å². The summed E-state index contributed by atoms with van der Waals surface area (Å²) in [4.78, 5) is 17.2. The Hall–Kier alpha value is -2.49. The highest BCUT2D eigenvalue weighted by molar-refractivity contribution is 7.89. The Balaban J connectivity index is 1.49. The molecule has 0 radical (unpaired) electrons. The summed E-state index contributed by atoms with van der Waals surface area (Å²) in [6.07, 6.45) is 0. The van der Waals surface area contributed by atoms with Crippen LogP contribution in [-0.4, -0.2) is 63.4 Å². The first kappa shape index (κ1) is 27.5. The van der Waals surface area contributed by atoms with Gasteiger partial charge in [0.1, 0.15) is 5.75 Å². The van der Waals surface area contributed by atoms with Crippen LogP contribution in [-0.2, 0) is 21.4 Å². The summed E-state index contributed by atoms with van der Waals surface area (Å²) < 4.78 is 33.5. The van der Waals surface area contributed by atoms with Gasteiger partial charge in [-0.1, -0.05) is 40.9 Å². The number of hydrogen-bond donors (Lipinski definition) is 0. The average molecular weight is 583 g/mol. The number of hydrogen-bond acceptors (Lipinski definition) is 5. The Labute approximate surface area is 232 Å². The van der Waals surface area contributed by atoms with Crippen molar-refractivity contribution in [3.8, 4) is 5.75 Å². The molecule has 1 aliphatic heterocycles. The predicted octanol–water partition coefficient (Wildman–Crippen LogP) is 5.20. The molecule has 0 saturated carbocycles. The van der Waals surface area contributed by atoms with Crippen molar-refractivity contribution in [2.75, 3.05) is 44.7 Å². The molecule has 0 spiro atoms. The van der Waals surface area contributed by atoms with E-state index in [1.54, 1.807) is 30.2 Å². The van der Waals surface area contributed by atoms with Crippen LogP contribution in [0.1, 0.15) is 5.56 Å². The smallest absolute Gasteiger partial charge is 0.243 e. The van der Waals surface area contributed by atoms with E-state index in [0.717, 1.165) is 15.7 Å². The van der Waals surface area contributed by atoms with E-state index in [1.165, 1.54) is 24.3 Å². The molecular weight excluding hydrogens is 557 g/mol. The van der Waals surface area contributed by atoms with Crippen LogP contribution in [0.5, 0.6) is 5.75 Å². The average Bonchev–Trinajstić information content (AvgIpc) is 2.90. The van der Waals surface area contributed by atoms with Crippen LogP contribution in [0.3, 0.4) is 0 Å². The van der Waals surface area contributed by atoms with Crippen LogP contribution in [0, 0.1) is 0 Å². The van der Waals surface area contributed by atoms with E-state index < -0.39 is 10.0 Å². The van der Waals surface area contributed by atoms with Crippen molar-refractivity contribution in [2.24, 2.45) is 0 Å². The number of sulfonamides is 1. The standard InChI is InChI=1S/C26H26Cl3N3O4S/c1-36-22-7-5-21(6-8-22)30-12-14-31(15-13-30)26(33)18-32(17-19-2-11-24(28)25(29)16-19)37(34,35)23-9-3-20(27)4-10-23/h2-11,16H,12-15,17-18H2,1H3. The van der Waals surface area contributed by atoms with E-state index in [4.69, 9.17) is 39.5 Å². The predicted molar refractivity (Wildman–Crippen MR) is 147 cm³/mol. The highest BCUT2D eigenvalue weighted by atomic mass is 35.5. The number of amides is 1. The summed E-state index contributed by atoms with van der Waals surface area (Å²) in [5, 5.41) is 1.09. The molecule has 0 N–H and O–H groups in total. The van der Waals surface area contributed by atoms with Gasteiger partial charge in [0, 0.05) is 43.4 Å². The first-order chi connectivity index (χ1) is 17.7. The molecular formula is C26H26Cl3N3O4S. The first-order valence-electron chi connectivity index (χ1n) is 11.5. The molecule has 0 atom stereocenters. The molecule has 0 unspecified atom stereocenters. The molecule has 3 aromatic rings. The molecule has 1 amide bonds. The summed E-state index contributed by atoms with van der Waals surface area (Å²) in [6, 6.07) is 18.5. The Morgan fingerprint density at radius 3 is 2.14 bits per heavy atom. The number of ether oxygens (including phenoxy) is 1. The largest absolute Gasteiger partial charge is 0.497 e. The number of carbonyl (C=O) groups excluding carboxylic acids is 1. The van der Waals surface area contributed by atoms with Gasteiger partial charge in [0.2, 0.25) is 15.9 Å². The Kier molecular flexibility index (Phi) is 8.87. The van der Waals surface area contributed by atoms with E-state index in [-0.39, 0.29) is 23.9 Å². The van der Waals surface area contributed by atoms with E-state index >= 15 is 0 Å². The fourth-order valence-corrected chi connectivity index (χ4v) is 5.91. The molecule has 0 aromatic heterocycles. The van der Waals surface area contributed by atoms with E-state index in [1.807, 2.05) is 24.3 Å². The van der Waals surface area contributed by atoms with Gasteiger partial charge in [0.15, 0.2) is 0 Å². The lowest BCUT2D eigenvalue weighted by molar-refractivity contribution is -0.131. The number of benzene rings is 3. The minimum absolute atomic E-state index is 0.0423. The number of rotatable bonds is 8. The topological polar surface area (TPSA) is 70.2 Å². The number of piperazine rings is 1. The molecule has 37 heavy (non-hydrogen) atoms. The number of carbonyl (C=O) groups is 1. The number of nitrogens with zero attached hydrogens (tertiary/aromatic N) is 3. The Bertz CT molecular complexity index is 1340. The first-order valence-corrected chi connectivity index (χ1v) is 14.1. The van der Waals surface area contributed by atoms with Crippen LogP contribution in [0.4, 0.5) is 5.69 Å². The second-order valence-electron chi connectivity index (χ2n) is 8.54. The second-order valence-corrected chi connectivity index (χ2v) is 11.7. The molecule has 1 aliphatic rings. The maximum Gasteiger partial charge on any atom is 0.243 e. The Morgan fingerprint density at radius 1 is 0.892 bits per heavy atom. The summed E-state index contributed by atoms with van der Waals surface area (Å²) in [6.45, 7) is 1.87. The number of halogens is 3. The summed E-state index contributed by atoms with van der Waals surface area (Å²) >= 11 is 18.1. The lowest BCUT2D eigenvalue weighted by atomic mass is 10.2. The van der Waals surface area contributed by atoms with Gasteiger partial charge < -0.3 is 14.5 Å². The third-order valence-corrected chi connectivity index (χ3v) is 8.97. The zero-order chi connectivity index (χ0) is 26.6. The zero-order valence-electron chi connectivity index (χ0n) is 20.1. The lowest BCUT2D eigenvalue weighted by Gasteiger charge is -2.37. The van der Waals surface area contributed by atoms with Crippen molar-refractivity contribution in [1.82, 2.24) is 9.21 Å². The van der Waals surface area contributed by atoms with Gasteiger partial charge in [0.25, 0.3) is 0 Å². The fourth-order valence-electron chi connectivity index (χ4n) is 4.08. The van der Waals surface area contributed by atoms with Crippen molar-refractivity contribution >= 4 is 56.4 Å². The van der Waals surface area contributed by atoms with Crippen molar-refractivity contribution in [2.45, 2.75) is 11.4 Å². The molecule has 1 fully saturated rings. The molecule has 0 bridgehead atoms. The summed E-state index contributed by atoms with van der Waals surface area (Å²) in [5.74, 6) is 0.508. The van der Waals surface area contributed by atoms with Crippen LogP contribution < -0.4 is 9.64 Å². The van der Waals surface area contributed by atoms with Gasteiger partial charge in [-0.05, 0) is 66.2 Å². The third-order valence-electron chi connectivity index (χ3n) is 6.18. The minimum atomic E-state index is -4.00. The van der Waals surface area contributed by atoms with Gasteiger partial charge in [-0.3, -0.25) is 4.79 Å². The van der Waals surface area contributed by atoms with Gasteiger partial charge in [-0.2, -0.15) is 4.31 Å². The van der Waals surface area contributed by atoms with Crippen molar-refractivity contribution in [3.05, 3.63) is 87.4 Å². The quantitative estimate of drug-likeness (QED) is 0.365. The molecule has 1 saturated heterocycles. The molecule has 4 rings (SSSR count). The van der Waals surface area contributed by atoms with E-state index in [0.29, 0.717) is 46.8 Å². The highest BCUT2D eigenvalue weighted by Gasteiger charge is 2.30. The lowest BCUT2D eigenvalue weighted by Crippen LogP contribution is -2.51. The van der Waals surface area contributed by atoms with Crippen molar-refractivity contribution in [1.29, 1.82) is 0 Å². The molecule has 3 aromatic carbocycles. The monoisotopic (exact) mass is 581 g/mol. The molecule has 196 valence electrons. The second kappa shape index (κ2) is 11.9. The van der Waals surface area contributed by atoms with Crippen molar-refractivity contribution in [3.63, 3.8) is 0 Å². The maximum absolute atomic E-state index is 13.5. The highest BCUT2D eigenvalue weighted by Crippen LogP contribution is 2.26. The SMILES string of the molecule is COc1ccc(N2CCN(C(=O)CN(Cc3ccc(Cl)c(Cl)c3)S(=O)(=O)c3ccc(Cl)cc3)CC2)cc1. The van der Waals surface area contributed by atoms with Crippen LogP contribution in [0.15, 0.2) is 71.6 Å². The van der Waals surface area contributed by atoms with E-state index in [9.17, 15) is 13.2 Å². The maximum atomic E-state index is 13.5. The summed E-state index contributed by atoms with van der Waals surface area (Å²) in [7, 11) is -2.38. The van der Waals surface area contributed by atoms with Gasteiger partial charge in [-0.25, -0.2) is 8.42 Å². The normalized spacial score (nSPS) is 14.2. The number of methoxy groups -OCH3 is 1.